The van der Waals surface area contributed by atoms with Gasteiger partial charge in [-0.2, -0.15) is 5.26 Å². The van der Waals surface area contributed by atoms with Crippen molar-refractivity contribution < 1.29 is 19.0 Å². The second-order valence-corrected chi connectivity index (χ2v) is 6.22. The van der Waals surface area contributed by atoms with Gasteiger partial charge in [0.05, 0.1) is 49.7 Å². The van der Waals surface area contributed by atoms with Gasteiger partial charge in [0.15, 0.2) is 0 Å². The van der Waals surface area contributed by atoms with Gasteiger partial charge in [0, 0.05) is 25.1 Å². The van der Waals surface area contributed by atoms with E-state index >= 15 is 0 Å². The largest absolute Gasteiger partial charge is 0.379 e. The summed E-state index contributed by atoms with van der Waals surface area (Å²) in [5, 5.41) is 9.05. The predicted molar refractivity (Wildman–Crippen MR) is 86.6 cm³/mol. The van der Waals surface area contributed by atoms with Crippen molar-refractivity contribution in [3.63, 3.8) is 0 Å². The van der Waals surface area contributed by atoms with Crippen LogP contribution in [0.25, 0.3) is 0 Å². The number of nitrogens with zero attached hydrogens (tertiary/aromatic N) is 2. The van der Waals surface area contributed by atoms with E-state index in [0.29, 0.717) is 57.1 Å². The molecule has 1 aromatic carbocycles. The number of nitriles is 1. The van der Waals surface area contributed by atoms with Gasteiger partial charge in [0.1, 0.15) is 0 Å². The van der Waals surface area contributed by atoms with Crippen LogP contribution in [0.1, 0.15) is 29.3 Å². The minimum absolute atomic E-state index is 0.0209. The third kappa shape index (κ3) is 3.29. The highest BCUT2D eigenvalue weighted by Gasteiger charge is 2.49. The third-order valence-electron chi connectivity index (χ3n) is 4.59. The number of carbonyl (C=O) groups is 1. The van der Waals surface area contributed by atoms with Crippen LogP contribution < -0.4 is 0 Å². The fraction of sp³-hybridized carbons (Fsp3) is 0.556. The van der Waals surface area contributed by atoms with Gasteiger partial charge in [-0.3, -0.25) is 4.79 Å². The van der Waals surface area contributed by atoms with Crippen LogP contribution in [0.5, 0.6) is 0 Å². The standard InChI is InChI=1S/C18H22N2O4/c1-2-22-11-16-9-18(13-24-16)12-23-7-6-20(18)17(21)15-5-3-4-14(8-15)10-19/h3-5,8,16H,2,6-7,9,11-13H2,1H3. The fourth-order valence-electron chi connectivity index (χ4n) is 3.39. The average molecular weight is 330 g/mol. The van der Waals surface area contributed by atoms with Crippen molar-refractivity contribution in [3.05, 3.63) is 35.4 Å². The number of morpholine rings is 1. The van der Waals surface area contributed by atoms with Crippen molar-refractivity contribution >= 4 is 5.91 Å². The highest BCUT2D eigenvalue weighted by atomic mass is 16.5. The zero-order valence-electron chi connectivity index (χ0n) is 13.9. The number of hydrogen-bond acceptors (Lipinski definition) is 5. The monoisotopic (exact) mass is 330 g/mol. The van der Waals surface area contributed by atoms with Gasteiger partial charge in [0.25, 0.3) is 5.91 Å². The van der Waals surface area contributed by atoms with E-state index in [-0.39, 0.29) is 12.0 Å². The van der Waals surface area contributed by atoms with Gasteiger partial charge in [-0.05, 0) is 25.1 Å². The van der Waals surface area contributed by atoms with Gasteiger partial charge >= 0.3 is 0 Å². The lowest BCUT2D eigenvalue weighted by Crippen LogP contribution is -2.59. The van der Waals surface area contributed by atoms with Gasteiger partial charge in [0.2, 0.25) is 0 Å². The van der Waals surface area contributed by atoms with Crippen LogP contribution >= 0.6 is 0 Å². The molecule has 1 amide bonds. The SMILES string of the molecule is CCOCC1CC2(COCCN2C(=O)c2cccc(C#N)c2)CO1. The second kappa shape index (κ2) is 7.31. The molecule has 1 spiro atoms. The Morgan fingerprint density at radius 3 is 3.17 bits per heavy atom. The van der Waals surface area contributed by atoms with E-state index in [0.717, 1.165) is 0 Å². The van der Waals surface area contributed by atoms with E-state index in [2.05, 4.69) is 6.07 Å². The first-order valence-corrected chi connectivity index (χ1v) is 8.28. The maximum atomic E-state index is 13.0. The quantitative estimate of drug-likeness (QED) is 0.838. The summed E-state index contributed by atoms with van der Waals surface area (Å²) >= 11 is 0. The molecule has 2 unspecified atom stereocenters. The Kier molecular flexibility index (Phi) is 5.14. The molecule has 0 bridgehead atoms. The summed E-state index contributed by atoms with van der Waals surface area (Å²) in [6.07, 6.45) is 0.684. The fourth-order valence-corrected chi connectivity index (χ4v) is 3.39. The first-order chi connectivity index (χ1) is 11.7. The molecule has 128 valence electrons. The van der Waals surface area contributed by atoms with Crippen LogP contribution in [-0.4, -0.2) is 62.0 Å². The molecule has 0 radical (unpaired) electrons. The van der Waals surface area contributed by atoms with Crippen LogP contribution in [-0.2, 0) is 14.2 Å². The number of ether oxygens (including phenoxy) is 3. The summed E-state index contributed by atoms with van der Waals surface area (Å²) in [7, 11) is 0. The molecule has 2 atom stereocenters. The van der Waals surface area contributed by atoms with Crippen molar-refractivity contribution in [1.29, 1.82) is 5.26 Å². The Labute approximate surface area is 141 Å². The number of carbonyl (C=O) groups excluding carboxylic acids is 1. The lowest BCUT2D eigenvalue weighted by Gasteiger charge is -2.43. The Morgan fingerprint density at radius 2 is 2.38 bits per heavy atom. The summed E-state index contributed by atoms with van der Waals surface area (Å²) in [6, 6.07) is 8.90. The predicted octanol–water partition coefficient (Wildman–Crippen LogP) is 1.59. The zero-order valence-corrected chi connectivity index (χ0v) is 13.9. The highest BCUT2D eigenvalue weighted by Crippen LogP contribution is 2.34. The van der Waals surface area contributed by atoms with Crippen LogP contribution in [0, 0.1) is 11.3 Å². The lowest BCUT2D eigenvalue weighted by atomic mass is 9.92. The molecular weight excluding hydrogens is 308 g/mol. The lowest BCUT2D eigenvalue weighted by molar-refractivity contribution is -0.0559. The molecule has 0 saturated carbocycles. The molecule has 2 aliphatic heterocycles. The van der Waals surface area contributed by atoms with Crippen molar-refractivity contribution in [1.82, 2.24) is 4.90 Å². The molecule has 3 rings (SSSR count). The minimum Gasteiger partial charge on any atom is -0.379 e. The molecule has 0 aliphatic carbocycles. The third-order valence-corrected chi connectivity index (χ3v) is 4.59. The Bertz CT molecular complexity index is 642. The molecule has 24 heavy (non-hydrogen) atoms. The molecule has 2 aliphatic rings. The van der Waals surface area contributed by atoms with Crippen molar-refractivity contribution in [2.24, 2.45) is 0 Å². The Hall–Kier alpha value is -1.94. The smallest absolute Gasteiger partial charge is 0.254 e. The number of rotatable bonds is 4. The van der Waals surface area contributed by atoms with Crippen LogP contribution in [0.3, 0.4) is 0 Å². The van der Waals surface area contributed by atoms with Gasteiger partial charge < -0.3 is 19.1 Å². The van der Waals surface area contributed by atoms with E-state index in [1.807, 2.05) is 11.8 Å². The molecule has 6 nitrogen and oxygen atoms in total. The highest BCUT2D eigenvalue weighted by molar-refractivity contribution is 5.95. The Balaban J connectivity index is 1.80. The molecule has 2 saturated heterocycles. The van der Waals surface area contributed by atoms with Crippen LogP contribution in [0.4, 0.5) is 0 Å². The van der Waals surface area contributed by atoms with Crippen molar-refractivity contribution in [2.45, 2.75) is 25.0 Å². The summed E-state index contributed by atoms with van der Waals surface area (Å²) in [6.45, 7) is 5.10. The first-order valence-electron chi connectivity index (χ1n) is 8.28. The average Bonchev–Trinajstić information content (AvgIpc) is 3.03. The normalized spacial score (nSPS) is 26.5. The summed E-state index contributed by atoms with van der Waals surface area (Å²) in [4.78, 5) is 14.9. The van der Waals surface area contributed by atoms with Gasteiger partial charge in [-0.15, -0.1) is 0 Å². The molecular formula is C18H22N2O4. The van der Waals surface area contributed by atoms with Gasteiger partial charge in [-0.1, -0.05) is 6.07 Å². The molecule has 0 aromatic heterocycles. The van der Waals surface area contributed by atoms with Crippen LogP contribution in [0.15, 0.2) is 24.3 Å². The van der Waals surface area contributed by atoms with Crippen LogP contribution in [0.2, 0.25) is 0 Å². The maximum absolute atomic E-state index is 13.0. The first kappa shape index (κ1) is 16.9. The summed E-state index contributed by atoms with van der Waals surface area (Å²) in [5.74, 6) is -0.0731. The van der Waals surface area contributed by atoms with E-state index in [1.165, 1.54) is 0 Å². The van der Waals surface area contributed by atoms with Crippen molar-refractivity contribution in [3.8, 4) is 6.07 Å². The second-order valence-electron chi connectivity index (χ2n) is 6.22. The molecule has 6 heteroatoms. The molecule has 2 heterocycles. The molecule has 1 aromatic rings. The Morgan fingerprint density at radius 1 is 1.50 bits per heavy atom. The van der Waals surface area contributed by atoms with E-state index in [1.54, 1.807) is 24.3 Å². The van der Waals surface area contributed by atoms with E-state index < -0.39 is 5.54 Å². The zero-order chi connectivity index (χ0) is 17.0. The number of hydrogen-bond donors (Lipinski definition) is 0. The van der Waals surface area contributed by atoms with E-state index in [9.17, 15) is 4.79 Å². The van der Waals surface area contributed by atoms with Gasteiger partial charge in [-0.25, -0.2) is 0 Å². The van der Waals surface area contributed by atoms with E-state index in [4.69, 9.17) is 19.5 Å². The summed E-state index contributed by atoms with van der Waals surface area (Å²) in [5.41, 5.74) is 0.573. The molecule has 2 fully saturated rings. The number of amides is 1. The number of benzene rings is 1. The topological polar surface area (TPSA) is 71.8 Å². The minimum atomic E-state index is -0.445. The van der Waals surface area contributed by atoms with Crippen molar-refractivity contribution in [2.75, 3.05) is 39.6 Å². The summed E-state index contributed by atoms with van der Waals surface area (Å²) < 4.78 is 17.0. The molecule has 0 N–H and O–H groups in total. The maximum Gasteiger partial charge on any atom is 0.254 e.